The van der Waals surface area contributed by atoms with E-state index >= 15 is 0 Å². The third-order valence-electron chi connectivity index (χ3n) is 4.12. The van der Waals surface area contributed by atoms with Gasteiger partial charge in [-0.2, -0.15) is 0 Å². The van der Waals surface area contributed by atoms with E-state index in [0.717, 1.165) is 19.4 Å². The monoisotopic (exact) mass is 285 g/mol. The summed E-state index contributed by atoms with van der Waals surface area (Å²) in [4.78, 5) is 27.1. The highest BCUT2D eigenvalue weighted by Crippen LogP contribution is 2.34. The maximum atomic E-state index is 12.1. The molecule has 2 N–H and O–H groups in total. The number of rotatable bonds is 5. The molecule has 0 spiro atoms. The highest BCUT2D eigenvalue weighted by Gasteiger charge is 2.39. The molecule has 0 radical (unpaired) electrons. The lowest BCUT2D eigenvalue weighted by Crippen LogP contribution is -2.50. The molecule has 1 heterocycles. The van der Waals surface area contributed by atoms with Crippen molar-refractivity contribution in [2.45, 2.75) is 26.7 Å². The number of carbonyl (C=O) groups excluding carboxylic acids is 1. The molecule has 0 saturated carbocycles. The molecule has 0 bridgehead atoms. The van der Waals surface area contributed by atoms with Crippen molar-refractivity contribution in [2.24, 2.45) is 11.3 Å². The minimum absolute atomic E-state index is 0.00773. The third kappa shape index (κ3) is 4.37. The summed E-state index contributed by atoms with van der Waals surface area (Å²) in [5.41, 5.74) is -0.789. The fourth-order valence-electron chi connectivity index (χ4n) is 2.42. The molecule has 1 unspecified atom stereocenters. The van der Waals surface area contributed by atoms with Gasteiger partial charge in [-0.25, -0.2) is 4.79 Å². The Morgan fingerprint density at radius 3 is 2.60 bits per heavy atom. The molecule has 6 heteroatoms. The number of amides is 2. The van der Waals surface area contributed by atoms with Crippen LogP contribution in [-0.2, 0) is 4.79 Å². The Morgan fingerprint density at radius 2 is 2.05 bits per heavy atom. The topological polar surface area (TPSA) is 72.9 Å². The zero-order valence-corrected chi connectivity index (χ0v) is 13.0. The summed E-state index contributed by atoms with van der Waals surface area (Å²) in [7, 11) is 3.91. The quantitative estimate of drug-likeness (QED) is 0.793. The van der Waals surface area contributed by atoms with Gasteiger partial charge < -0.3 is 20.2 Å². The molecule has 0 aromatic carbocycles. The predicted molar refractivity (Wildman–Crippen MR) is 77.7 cm³/mol. The molecule has 1 saturated heterocycles. The molecule has 2 amide bonds. The van der Waals surface area contributed by atoms with Crippen molar-refractivity contribution in [1.29, 1.82) is 0 Å². The molecular formula is C14H27N3O3. The van der Waals surface area contributed by atoms with E-state index in [9.17, 15) is 14.7 Å². The number of hydrogen-bond acceptors (Lipinski definition) is 3. The van der Waals surface area contributed by atoms with Crippen molar-refractivity contribution in [3.8, 4) is 0 Å². The van der Waals surface area contributed by atoms with E-state index in [1.165, 1.54) is 0 Å². The normalized spacial score (nSPS) is 20.1. The van der Waals surface area contributed by atoms with Gasteiger partial charge in [-0.3, -0.25) is 4.79 Å². The number of likely N-dealkylation sites (N-methyl/N-ethyl adjacent to an activating group) is 1. The van der Waals surface area contributed by atoms with Crippen LogP contribution in [0.3, 0.4) is 0 Å². The van der Waals surface area contributed by atoms with Crippen molar-refractivity contribution in [2.75, 3.05) is 40.3 Å². The van der Waals surface area contributed by atoms with Gasteiger partial charge in [0, 0.05) is 26.2 Å². The molecule has 0 aromatic heterocycles. The van der Waals surface area contributed by atoms with Crippen LogP contribution < -0.4 is 5.32 Å². The van der Waals surface area contributed by atoms with E-state index in [0.29, 0.717) is 19.6 Å². The first-order chi connectivity index (χ1) is 9.25. The zero-order chi connectivity index (χ0) is 15.3. The van der Waals surface area contributed by atoms with Crippen LogP contribution in [0.5, 0.6) is 0 Å². The number of urea groups is 1. The van der Waals surface area contributed by atoms with Gasteiger partial charge in [0.2, 0.25) is 0 Å². The summed E-state index contributed by atoms with van der Waals surface area (Å²) >= 11 is 0. The van der Waals surface area contributed by atoms with Gasteiger partial charge in [0.1, 0.15) is 0 Å². The predicted octanol–water partition coefficient (Wildman–Crippen LogP) is 1.08. The summed E-state index contributed by atoms with van der Waals surface area (Å²) in [6.45, 7) is 6.12. The van der Waals surface area contributed by atoms with Gasteiger partial charge in [-0.15, -0.1) is 0 Å². The molecule has 1 atom stereocenters. The molecule has 0 aromatic rings. The van der Waals surface area contributed by atoms with E-state index in [2.05, 4.69) is 5.32 Å². The Bertz CT molecular complexity index is 356. The van der Waals surface area contributed by atoms with Crippen LogP contribution in [0.1, 0.15) is 26.7 Å². The first-order valence-corrected chi connectivity index (χ1v) is 7.16. The number of nitrogens with zero attached hydrogens (tertiary/aromatic N) is 2. The van der Waals surface area contributed by atoms with Crippen molar-refractivity contribution in [3.05, 3.63) is 0 Å². The molecule has 1 aliphatic heterocycles. The van der Waals surface area contributed by atoms with E-state index in [1.807, 2.05) is 19.0 Å². The average Bonchev–Trinajstić information content (AvgIpc) is 2.38. The maximum Gasteiger partial charge on any atom is 0.317 e. The summed E-state index contributed by atoms with van der Waals surface area (Å²) in [5, 5.41) is 12.2. The van der Waals surface area contributed by atoms with Gasteiger partial charge in [0.05, 0.1) is 5.41 Å². The Balaban J connectivity index is 2.52. The van der Waals surface area contributed by atoms with Crippen molar-refractivity contribution in [1.82, 2.24) is 15.1 Å². The number of carboxylic acid groups (broad SMARTS) is 1. The summed E-state index contributed by atoms with van der Waals surface area (Å²) < 4.78 is 0. The number of carbonyl (C=O) groups is 2. The average molecular weight is 285 g/mol. The van der Waals surface area contributed by atoms with Gasteiger partial charge in [0.25, 0.3) is 0 Å². The van der Waals surface area contributed by atoms with Crippen molar-refractivity contribution in [3.63, 3.8) is 0 Å². The summed E-state index contributed by atoms with van der Waals surface area (Å²) in [6, 6.07) is -0.0854. The van der Waals surface area contributed by atoms with Gasteiger partial charge in [-0.05, 0) is 46.7 Å². The number of likely N-dealkylation sites (tertiary alicyclic amines) is 1. The first-order valence-electron chi connectivity index (χ1n) is 7.16. The maximum absolute atomic E-state index is 12.1. The fourth-order valence-corrected chi connectivity index (χ4v) is 2.42. The van der Waals surface area contributed by atoms with E-state index in [1.54, 1.807) is 18.7 Å². The smallest absolute Gasteiger partial charge is 0.317 e. The lowest BCUT2D eigenvalue weighted by molar-refractivity contribution is -0.151. The Hall–Kier alpha value is -1.30. The van der Waals surface area contributed by atoms with Crippen LogP contribution >= 0.6 is 0 Å². The van der Waals surface area contributed by atoms with Crippen LogP contribution in [0.15, 0.2) is 0 Å². The molecular weight excluding hydrogens is 258 g/mol. The van der Waals surface area contributed by atoms with Gasteiger partial charge in [0.15, 0.2) is 0 Å². The molecule has 0 aliphatic carbocycles. The number of carboxylic acids is 1. The zero-order valence-electron chi connectivity index (χ0n) is 13.0. The molecule has 1 fully saturated rings. The van der Waals surface area contributed by atoms with Crippen LogP contribution in [0.4, 0.5) is 4.79 Å². The number of nitrogens with one attached hydrogen (secondary N) is 1. The number of piperidine rings is 1. The second-order valence-corrected chi connectivity index (χ2v) is 6.35. The van der Waals surface area contributed by atoms with Crippen LogP contribution in [0.2, 0.25) is 0 Å². The molecule has 20 heavy (non-hydrogen) atoms. The third-order valence-corrected chi connectivity index (χ3v) is 4.12. The van der Waals surface area contributed by atoms with Crippen molar-refractivity contribution >= 4 is 12.0 Å². The SMILES string of the molecule is CN(C)CCNC(=O)N1CCCC(C(C)(C)C(=O)O)C1. The second-order valence-electron chi connectivity index (χ2n) is 6.35. The van der Waals surface area contributed by atoms with E-state index in [-0.39, 0.29) is 11.9 Å². The first kappa shape index (κ1) is 16.8. The molecule has 1 rings (SSSR count). The minimum atomic E-state index is -0.794. The Morgan fingerprint density at radius 1 is 1.40 bits per heavy atom. The highest BCUT2D eigenvalue weighted by atomic mass is 16.4. The lowest BCUT2D eigenvalue weighted by atomic mass is 9.74. The minimum Gasteiger partial charge on any atom is -0.481 e. The Kier molecular flexibility index (Phi) is 5.80. The molecule has 116 valence electrons. The van der Waals surface area contributed by atoms with Gasteiger partial charge in [-0.1, -0.05) is 0 Å². The summed E-state index contributed by atoms with van der Waals surface area (Å²) in [5.74, 6) is -0.786. The fraction of sp³-hybridized carbons (Fsp3) is 0.857. The standard InChI is InChI=1S/C14H27N3O3/c1-14(2,12(18)19)11-6-5-8-17(10-11)13(20)15-7-9-16(3)4/h11H,5-10H2,1-4H3,(H,15,20)(H,18,19). The Labute approximate surface area is 121 Å². The number of hydrogen-bond donors (Lipinski definition) is 2. The lowest BCUT2D eigenvalue weighted by Gasteiger charge is -2.39. The van der Waals surface area contributed by atoms with E-state index < -0.39 is 11.4 Å². The largest absolute Gasteiger partial charge is 0.481 e. The van der Waals surface area contributed by atoms with Crippen LogP contribution in [0.25, 0.3) is 0 Å². The highest BCUT2D eigenvalue weighted by molar-refractivity contribution is 5.76. The molecule has 1 aliphatic rings. The van der Waals surface area contributed by atoms with Crippen LogP contribution in [-0.4, -0.2) is 67.2 Å². The molecule has 6 nitrogen and oxygen atoms in total. The second kappa shape index (κ2) is 6.92. The van der Waals surface area contributed by atoms with Crippen molar-refractivity contribution < 1.29 is 14.7 Å². The van der Waals surface area contributed by atoms with Crippen LogP contribution in [0, 0.1) is 11.3 Å². The summed E-state index contributed by atoms with van der Waals surface area (Å²) in [6.07, 6.45) is 1.73. The number of aliphatic carboxylic acids is 1. The van der Waals surface area contributed by atoms with Gasteiger partial charge >= 0.3 is 12.0 Å². The van der Waals surface area contributed by atoms with E-state index in [4.69, 9.17) is 0 Å².